The molecule has 0 amide bonds. The van der Waals surface area contributed by atoms with Gasteiger partial charge >= 0.3 is 0 Å². The van der Waals surface area contributed by atoms with Crippen molar-refractivity contribution in [3.63, 3.8) is 0 Å². The molecule has 0 fully saturated rings. The van der Waals surface area contributed by atoms with Gasteiger partial charge in [-0.1, -0.05) is 29.8 Å². The van der Waals surface area contributed by atoms with Gasteiger partial charge in [-0.3, -0.25) is 0 Å². The molecule has 2 rings (SSSR count). The summed E-state index contributed by atoms with van der Waals surface area (Å²) in [6, 6.07) is 12.0. The molecule has 0 saturated heterocycles. The average molecular weight is 370 g/mol. The molecule has 1 N–H and O–H groups in total. The Morgan fingerprint density at radius 2 is 1.88 bits per heavy atom. The van der Waals surface area contributed by atoms with E-state index in [0.29, 0.717) is 16.3 Å². The molecule has 0 radical (unpaired) electrons. The summed E-state index contributed by atoms with van der Waals surface area (Å²) in [5, 5.41) is 0.532. The fourth-order valence-corrected chi connectivity index (χ4v) is 3.88. The minimum atomic E-state index is -3.67. The van der Waals surface area contributed by atoms with Gasteiger partial charge in [0, 0.05) is 24.2 Å². The van der Waals surface area contributed by atoms with Gasteiger partial charge in [-0.15, -0.1) is 0 Å². The van der Waals surface area contributed by atoms with E-state index in [1.165, 1.54) is 20.3 Å². The maximum Gasteiger partial charge on any atom is 0.240 e. The molecule has 0 aromatic heterocycles. The van der Waals surface area contributed by atoms with Crippen molar-refractivity contribution >= 4 is 21.6 Å². The van der Waals surface area contributed by atoms with Gasteiger partial charge in [0.2, 0.25) is 10.0 Å². The first-order chi connectivity index (χ1) is 11.4. The van der Waals surface area contributed by atoms with Crippen LogP contribution < -0.4 is 9.46 Å². The van der Waals surface area contributed by atoms with Gasteiger partial charge < -0.3 is 9.47 Å². The molecule has 5 nitrogen and oxygen atoms in total. The van der Waals surface area contributed by atoms with Crippen LogP contribution in [0.15, 0.2) is 47.4 Å². The number of halogens is 1. The van der Waals surface area contributed by atoms with Gasteiger partial charge in [0.15, 0.2) is 0 Å². The van der Waals surface area contributed by atoms with E-state index in [1.807, 2.05) is 18.2 Å². The van der Waals surface area contributed by atoms with E-state index in [4.69, 9.17) is 21.1 Å². The van der Waals surface area contributed by atoms with Crippen LogP contribution in [0.4, 0.5) is 0 Å². The molecule has 0 aliphatic rings. The Hall–Kier alpha value is -1.60. The number of sulfonamides is 1. The van der Waals surface area contributed by atoms with E-state index < -0.39 is 16.1 Å². The first kappa shape index (κ1) is 18.7. The van der Waals surface area contributed by atoms with Crippen LogP contribution in [0.25, 0.3) is 0 Å². The second-order valence-electron chi connectivity index (χ2n) is 5.23. The molecule has 0 heterocycles. The van der Waals surface area contributed by atoms with Gasteiger partial charge in [0.05, 0.1) is 18.1 Å². The van der Waals surface area contributed by atoms with Crippen LogP contribution in [-0.4, -0.2) is 29.2 Å². The van der Waals surface area contributed by atoms with Crippen LogP contribution in [0.2, 0.25) is 5.02 Å². The molecule has 1 atom stereocenters. The van der Waals surface area contributed by atoms with E-state index >= 15 is 0 Å². The molecular formula is C17H20ClNO4S. The number of hydrogen-bond acceptors (Lipinski definition) is 4. The van der Waals surface area contributed by atoms with Crippen molar-refractivity contribution in [1.29, 1.82) is 0 Å². The molecule has 0 saturated carbocycles. The highest BCUT2D eigenvalue weighted by Gasteiger charge is 2.21. The Morgan fingerprint density at radius 1 is 1.17 bits per heavy atom. The molecule has 2 aromatic carbocycles. The molecule has 0 aliphatic carbocycles. The largest absolute Gasteiger partial charge is 0.497 e. The number of benzene rings is 2. The second-order valence-corrected chi connectivity index (χ2v) is 7.37. The highest BCUT2D eigenvalue weighted by atomic mass is 35.5. The molecule has 24 heavy (non-hydrogen) atoms. The second kappa shape index (κ2) is 7.98. The summed E-state index contributed by atoms with van der Waals surface area (Å²) in [6.07, 6.45) is -0.480. The third-order valence-electron chi connectivity index (χ3n) is 3.67. The van der Waals surface area contributed by atoms with E-state index in [2.05, 4.69) is 4.72 Å². The zero-order valence-corrected chi connectivity index (χ0v) is 15.3. The molecule has 2 aromatic rings. The minimum absolute atomic E-state index is 0.0774. The molecular weight excluding hydrogens is 350 g/mol. The number of nitrogens with one attached hydrogen (secondary N) is 1. The maximum atomic E-state index is 12.5. The van der Waals surface area contributed by atoms with Crippen molar-refractivity contribution in [2.75, 3.05) is 20.8 Å². The lowest BCUT2D eigenvalue weighted by Crippen LogP contribution is -2.29. The third-order valence-corrected chi connectivity index (χ3v) is 5.59. The number of aryl methyl sites for hydroxylation is 1. The summed E-state index contributed by atoms with van der Waals surface area (Å²) in [6.45, 7) is 1.80. The van der Waals surface area contributed by atoms with Crippen molar-refractivity contribution in [3.8, 4) is 5.75 Å². The standard InChI is InChI=1S/C17H20ClNO4S/c1-12-10-13(22-2)8-9-17(12)24(20,21)19-11-16(23-3)14-6-4-5-7-15(14)18/h4-10,16,19H,11H2,1-3H3/t16-/m1/s1. The predicted octanol–water partition coefficient (Wildman–Crippen LogP) is 3.32. The fraction of sp³-hybridized carbons (Fsp3) is 0.294. The highest BCUT2D eigenvalue weighted by molar-refractivity contribution is 7.89. The fourth-order valence-electron chi connectivity index (χ4n) is 2.37. The van der Waals surface area contributed by atoms with Crippen LogP contribution in [0.5, 0.6) is 5.75 Å². The summed E-state index contributed by atoms with van der Waals surface area (Å²) >= 11 is 6.15. The van der Waals surface area contributed by atoms with Crippen molar-refractivity contribution in [2.45, 2.75) is 17.9 Å². The first-order valence-corrected chi connectivity index (χ1v) is 9.16. The summed E-state index contributed by atoms with van der Waals surface area (Å²) in [7, 11) is -0.620. The molecule has 0 bridgehead atoms. The Labute approximate surface area is 147 Å². The first-order valence-electron chi connectivity index (χ1n) is 7.30. The lowest BCUT2D eigenvalue weighted by Gasteiger charge is -2.18. The summed E-state index contributed by atoms with van der Waals surface area (Å²) in [4.78, 5) is 0.206. The van der Waals surface area contributed by atoms with Gasteiger partial charge in [-0.2, -0.15) is 0 Å². The number of ether oxygens (including phenoxy) is 2. The monoisotopic (exact) mass is 369 g/mol. The average Bonchev–Trinajstić information content (AvgIpc) is 2.56. The number of methoxy groups -OCH3 is 2. The highest BCUT2D eigenvalue weighted by Crippen LogP contribution is 2.25. The van der Waals surface area contributed by atoms with Gasteiger partial charge in [0.1, 0.15) is 5.75 Å². The van der Waals surface area contributed by atoms with Crippen LogP contribution in [0, 0.1) is 6.92 Å². The number of rotatable bonds is 7. The van der Waals surface area contributed by atoms with E-state index in [1.54, 1.807) is 25.1 Å². The minimum Gasteiger partial charge on any atom is -0.497 e. The van der Waals surface area contributed by atoms with E-state index in [0.717, 1.165) is 5.56 Å². The smallest absolute Gasteiger partial charge is 0.240 e. The molecule has 130 valence electrons. The van der Waals surface area contributed by atoms with Gasteiger partial charge in [0.25, 0.3) is 0 Å². The Balaban J connectivity index is 2.19. The molecule has 7 heteroatoms. The van der Waals surface area contributed by atoms with Crippen molar-refractivity contribution in [3.05, 3.63) is 58.6 Å². The lowest BCUT2D eigenvalue weighted by molar-refractivity contribution is 0.107. The van der Waals surface area contributed by atoms with E-state index in [-0.39, 0.29) is 11.4 Å². The van der Waals surface area contributed by atoms with E-state index in [9.17, 15) is 8.42 Å². The molecule has 0 aliphatic heterocycles. The van der Waals surface area contributed by atoms with Crippen molar-refractivity contribution in [1.82, 2.24) is 4.72 Å². The zero-order chi connectivity index (χ0) is 17.7. The normalized spacial score (nSPS) is 12.8. The molecule has 0 spiro atoms. The predicted molar refractivity (Wildman–Crippen MR) is 94.1 cm³/mol. The van der Waals surface area contributed by atoms with Gasteiger partial charge in [-0.25, -0.2) is 13.1 Å². The topological polar surface area (TPSA) is 64.6 Å². The van der Waals surface area contributed by atoms with Crippen LogP contribution >= 0.6 is 11.6 Å². The Morgan fingerprint density at radius 3 is 2.46 bits per heavy atom. The number of hydrogen-bond donors (Lipinski definition) is 1. The maximum absolute atomic E-state index is 12.5. The summed E-state index contributed by atoms with van der Waals surface area (Å²) in [5.74, 6) is 0.609. The van der Waals surface area contributed by atoms with Crippen LogP contribution in [0.3, 0.4) is 0 Å². The Kier molecular flexibility index (Phi) is 6.23. The van der Waals surface area contributed by atoms with Crippen molar-refractivity contribution in [2.24, 2.45) is 0 Å². The molecule has 0 unspecified atom stereocenters. The quantitative estimate of drug-likeness (QED) is 0.813. The van der Waals surface area contributed by atoms with Crippen LogP contribution in [0.1, 0.15) is 17.2 Å². The van der Waals surface area contributed by atoms with Crippen molar-refractivity contribution < 1.29 is 17.9 Å². The summed E-state index contributed by atoms with van der Waals surface area (Å²) < 4.78 is 38.2. The zero-order valence-electron chi connectivity index (χ0n) is 13.7. The lowest BCUT2D eigenvalue weighted by atomic mass is 10.1. The Bertz CT molecular complexity index is 808. The SMILES string of the molecule is COc1ccc(S(=O)(=O)NC[C@@H](OC)c2ccccc2Cl)c(C)c1. The van der Waals surface area contributed by atoms with Crippen LogP contribution in [-0.2, 0) is 14.8 Å². The third kappa shape index (κ3) is 4.27. The summed E-state index contributed by atoms with van der Waals surface area (Å²) in [5.41, 5.74) is 1.34. The van der Waals surface area contributed by atoms with Gasteiger partial charge in [-0.05, 0) is 36.8 Å².